The lowest BCUT2D eigenvalue weighted by atomic mass is 9.88. The van der Waals surface area contributed by atoms with Crippen LogP contribution in [-0.4, -0.2) is 59.6 Å². The second kappa shape index (κ2) is 6.76. The van der Waals surface area contributed by atoms with Crippen LogP contribution >= 0.6 is 0 Å². The maximum atomic E-state index is 8.82. The van der Waals surface area contributed by atoms with Gasteiger partial charge in [0.15, 0.2) is 0 Å². The first kappa shape index (κ1) is 15.6. The molecule has 2 saturated heterocycles. The number of rotatable bonds is 5. The van der Waals surface area contributed by atoms with E-state index in [9.17, 15) is 0 Å². The molecule has 20 heavy (non-hydrogen) atoms. The second-order valence-electron chi connectivity index (χ2n) is 6.96. The molecule has 2 aliphatic rings. The molecule has 0 aromatic heterocycles. The topological polar surface area (TPSA) is 65.1 Å². The van der Waals surface area contributed by atoms with Crippen molar-refractivity contribution in [3.63, 3.8) is 0 Å². The van der Waals surface area contributed by atoms with Crippen molar-refractivity contribution in [2.45, 2.75) is 52.0 Å². The van der Waals surface area contributed by atoms with Gasteiger partial charge in [0.05, 0.1) is 0 Å². The van der Waals surface area contributed by atoms with Crippen LogP contribution in [0.3, 0.4) is 0 Å². The third-order valence-electron chi connectivity index (χ3n) is 5.01. The molecule has 5 nitrogen and oxygen atoms in total. The Labute approximate surface area is 122 Å². The van der Waals surface area contributed by atoms with Gasteiger partial charge in [-0.3, -0.25) is 4.90 Å². The molecular weight excluding hydrogens is 252 g/mol. The van der Waals surface area contributed by atoms with Crippen LogP contribution in [0.4, 0.5) is 0 Å². The van der Waals surface area contributed by atoms with Crippen molar-refractivity contribution in [2.24, 2.45) is 16.3 Å². The summed E-state index contributed by atoms with van der Waals surface area (Å²) in [6, 6.07) is 0.752. The molecule has 2 heterocycles. The summed E-state index contributed by atoms with van der Waals surface area (Å²) in [5.74, 6) is 0.337. The Morgan fingerprint density at radius 3 is 2.60 bits per heavy atom. The summed E-state index contributed by atoms with van der Waals surface area (Å²) < 4.78 is 0. The molecule has 0 aromatic carbocycles. The Morgan fingerprint density at radius 1 is 1.25 bits per heavy atom. The first-order valence-electron chi connectivity index (χ1n) is 7.97. The molecule has 2 fully saturated rings. The molecule has 0 radical (unpaired) electrons. The monoisotopic (exact) mass is 282 g/mol. The second-order valence-corrected chi connectivity index (χ2v) is 6.96. The Kier molecular flexibility index (Phi) is 5.27. The van der Waals surface area contributed by atoms with Crippen LogP contribution < -0.4 is 5.73 Å². The van der Waals surface area contributed by atoms with E-state index in [4.69, 9.17) is 10.9 Å². The summed E-state index contributed by atoms with van der Waals surface area (Å²) >= 11 is 0. The predicted molar refractivity (Wildman–Crippen MR) is 82.1 cm³/mol. The summed E-state index contributed by atoms with van der Waals surface area (Å²) in [6.45, 7) is 10.1. The minimum absolute atomic E-state index is 0.224. The van der Waals surface area contributed by atoms with Crippen LogP contribution in [0.5, 0.6) is 0 Å². The lowest BCUT2D eigenvalue weighted by Crippen LogP contribution is -2.41. The number of hydrogen-bond acceptors (Lipinski definition) is 4. The van der Waals surface area contributed by atoms with E-state index in [0.29, 0.717) is 5.84 Å². The minimum atomic E-state index is -0.224. The van der Waals surface area contributed by atoms with E-state index in [1.54, 1.807) is 0 Å². The van der Waals surface area contributed by atoms with Gasteiger partial charge in [0.2, 0.25) is 0 Å². The number of piperidine rings is 1. The molecule has 3 N–H and O–H groups in total. The molecular formula is C15H30N4O. The predicted octanol–water partition coefficient (Wildman–Crippen LogP) is 1.71. The zero-order chi connectivity index (χ0) is 14.6. The van der Waals surface area contributed by atoms with E-state index in [1.165, 1.54) is 51.9 Å². The number of oxime groups is 1. The van der Waals surface area contributed by atoms with Gasteiger partial charge >= 0.3 is 0 Å². The van der Waals surface area contributed by atoms with Gasteiger partial charge < -0.3 is 15.8 Å². The van der Waals surface area contributed by atoms with Gasteiger partial charge in [-0.15, -0.1) is 0 Å². The van der Waals surface area contributed by atoms with Gasteiger partial charge in [0, 0.05) is 18.0 Å². The summed E-state index contributed by atoms with van der Waals surface area (Å²) in [5, 5.41) is 12.0. The lowest BCUT2D eigenvalue weighted by Gasteiger charge is -2.32. The van der Waals surface area contributed by atoms with Crippen molar-refractivity contribution in [3.05, 3.63) is 0 Å². The van der Waals surface area contributed by atoms with Crippen molar-refractivity contribution >= 4 is 5.84 Å². The fraction of sp³-hybridized carbons (Fsp3) is 0.933. The molecule has 0 aliphatic carbocycles. The third-order valence-corrected chi connectivity index (χ3v) is 5.01. The summed E-state index contributed by atoms with van der Waals surface area (Å²) in [7, 11) is 0. The zero-order valence-corrected chi connectivity index (χ0v) is 13.0. The van der Waals surface area contributed by atoms with Crippen LogP contribution in [0.25, 0.3) is 0 Å². The van der Waals surface area contributed by atoms with Gasteiger partial charge in [0.1, 0.15) is 5.84 Å². The number of amidine groups is 1. The van der Waals surface area contributed by atoms with E-state index in [0.717, 1.165) is 19.0 Å². The van der Waals surface area contributed by atoms with Crippen LogP contribution in [0, 0.1) is 5.41 Å². The summed E-state index contributed by atoms with van der Waals surface area (Å²) in [4.78, 5) is 5.21. The standard InChI is InChI=1S/C15H30N4O/c1-15(2,14(16)17-20)7-11-18-10-6-13(12-18)19-8-4-3-5-9-19/h13,20H,3-12H2,1-2H3,(H2,16,17). The number of hydrogen-bond donors (Lipinski definition) is 2. The molecule has 116 valence electrons. The molecule has 1 unspecified atom stereocenters. The average Bonchev–Trinajstić information content (AvgIpc) is 2.94. The van der Waals surface area contributed by atoms with Crippen molar-refractivity contribution in [3.8, 4) is 0 Å². The molecule has 5 heteroatoms. The van der Waals surface area contributed by atoms with E-state index in [2.05, 4.69) is 15.0 Å². The lowest BCUT2D eigenvalue weighted by molar-refractivity contribution is 0.160. The fourth-order valence-electron chi connectivity index (χ4n) is 3.30. The molecule has 0 saturated carbocycles. The van der Waals surface area contributed by atoms with Crippen LogP contribution in [-0.2, 0) is 0 Å². The van der Waals surface area contributed by atoms with Crippen LogP contribution in [0.15, 0.2) is 5.16 Å². The highest BCUT2D eigenvalue weighted by Gasteiger charge is 2.30. The van der Waals surface area contributed by atoms with Gasteiger partial charge in [-0.25, -0.2) is 0 Å². The zero-order valence-electron chi connectivity index (χ0n) is 13.0. The smallest absolute Gasteiger partial charge is 0.144 e. The van der Waals surface area contributed by atoms with Crippen molar-refractivity contribution < 1.29 is 5.21 Å². The minimum Gasteiger partial charge on any atom is -0.409 e. The molecule has 2 aliphatic heterocycles. The van der Waals surface area contributed by atoms with Crippen molar-refractivity contribution in [2.75, 3.05) is 32.7 Å². The average molecular weight is 282 g/mol. The molecule has 0 aromatic rings. The van der Waals surface area contributed by atoms with Crippen LogP contribution in [0.2, 0.25) is 0 Å². The van der Waals surface area contributed by atoms with Gasteiger partial charge in [-0.1, -0.05) is 25.4 Å². The highest BCUT2D eigenvalue weighted by molar-refractivity contribution is 5.85. The fourth-order valence-corrected chi connectivity index (χ4v) is 3.30. The Hall–Kier alpha value is -0.810. The highest BCUT2D eigenvalue weighted by Crippen LogP contribution is 2.24. The molecule has 0 bridgehead atoms. The van der Waals surface area contributed by atoms with Crippen LogP contribution in [0.1, 0.15) is 46.0 Å². The number of nitrogens with zero attached hydrogens (tertiary/aromatic N) is 3. The maximum Gasteiger partial charge on any atom is 0.144 e. The van der Waals surface area contributed by atoms with E-state index in [-0.39, 0.29) is 5.41 Å². The first-order chi connectivity index (χ1) is 9.53. The number of likely N-dealkylation sites (tertiary alicyclic amines) is 2. The maximum absolute atomic E-state index is 8.82. The van der Waals surface area contributed by atoms with E-state index in [1.807, 2.05) is 13.8 Å². The molecule has 0 spiro atoms. The first-order valence-corrected chi connectivity index (χ1v) is 7.97. The molecule has 2 rings (SSSR count). The number of nitrogens with two attached hydrogens (primary N) is 1. The van der Waals surface area contributed by atoms with Gasteiger partial charge in [0.25, 0.3) is 0 Å². The van der Waals surface area contributed by atoms with Gasteiger partial charge in [-0.2, -0.15) is 0 Å². The SMILES string of the molecule is CC(C)(CCN1CCC(N2CCCCC2)C1)C(N)=NO. The quantitative estimate of drug-likeness (QED) is 0.349. The normalized spacial score (nSPS) is 27.1. The molecule has 1 atom stereocenters. The van der Waals surface area contributed by atoms with Gasteiger partial charge in [-0.05, 0) is 51.9 Å². The largest absolute Gasteiger partial charge is 0.409 e. The Morgan fingerprint density at radius 2 is 1.95 bits per heavy atom. The van der Waals surface area contributed by atoms with Crippen molar-refractivity contribution in [1.29, 1.82) is 0 Å². The van der Waals surface area contributed by atoms with Crippen molar-refractivity contribution in [1.82, 2.24) is 9.80 Å². The summed E-state index contributed by atoms with van der Waals surface area (Å²) in [6.07, 6.45) is 6.38. The Balaban J connectivity index is 1.76. The summed E-state index contributed by atoms with van der Waals surface area (Å²) in [5.41, 5.74) is 5.53. The Bertz CT molecular complexity index is 337. The highest BCUT2D eigenvalue weighted by atomic mass is 16.4. The van der Waals surface area contributed by atoms with E-state index < -0.39 is 0 Å². The molecule has 0 amide bonds. The third kappa shape index (κ3) is 3.85. The van der Waals surface area contributed by atoms with E-state index >= 15 is 0 Å².